The van der Waals surface area contributed by atoms with E-state index in [1.807, 2.05) is 12.3 Å². The number of benzene rings is 2. The van der Waals surface area contributed by atoms with E-state index in [1.54, 1.807) is 24.3 Å². The Hall–Kier alpha value is -3.53. The number of fused-ring (bicyclic) bond motifs is 3. The molecule has 1 saturated carbocycles. The van der Waals surface area contributed by atoms with Crippen LogP contribution in [0.2, 0.25) is 0 Å². The second-order valence-electron chi connectivity index (χ2n) is 12.1. The van der Waals surface area contributed by atoms with Crippen LogP contribution < -0.4 is 10.1 Å². The molecule has 7 rings (SSSR count). The molecule has 2 unspecified atom stereocenters. The largest absolute Gasteiger partial charge is 0.495 e. The molecule has 2 aromatic carbocycles. The van der Waals surface area contributed by atoms with Gasteiger partial charge in [-0.3, -0.25) is 9.89 Å². The van der Waals surface area contributed by atoms with E-state index in [0.717, 1.165) is 45.0 Å². The zero-order chi connectivity index (χ0) is 31.8. The second kappa shape index (κ2) is 12.7. The van der Waals surface area contributed by atoms with Gasteiger partial charge in [0.05, 0.1) is 53.3 Å². The summed E-state index contributed by atoms with van der Waals surface area (Å²) in [5.74, 6) is 6.44. The number of methoxy groups -OCH3 is 1. The van der Waals surface area contributed by atoms with Gasteiger partial charge < -0.3 is 19.4 Å². The quantitative estimate of drug-likeness (QED) is 0.247. The van der Waals surface area contributed by atoms with Crippen LogP contribution >= 0.6 is 0 Å². The number of nitrogens with one attached hydrogen (secondary N) is 1. The van der Waals surface area contributed by atoms with Gasteiger partial charge in [-0.05, 0) is 67.9 Å². The zero-order valence-corrected chi connectivity index (χ0v) is 26.1. The molecule has 4 fully saturated rings. The average Bonchev–Trinajstić information content (AvgIpc) is 3.33. The minimum absolute atomic E-state index is 0.0988. The minimum Gasteiger partial charge on any atom is -0.495 e. The van der Waals surface area contributed by atoms with Gasteiger partial charge in [-0.1, -0.05) is 12.0 Å². The normalized spacial score (nSPS) is 23.8. The first-order chi connectivity index (χ1) is 21.5. The maximum absolute atomic E-state index is 13.6. The Labute approximate surface area is 261 Å². The standard InChI is InChI=1S/C33H37F3N4O4S/c1-43-32-17-27(45(2,41)42)12-13-30(32)37-14-4-5-24-15-28-29(6-3-7-31(28)40(24)21-33(34,35)36)38-18-22-8-10-23(11-9-22)39-19-25-16-26(20-39)44-25/h3,6-7,12-13,15,17-18,22-23,25-26,37H,8-11,14,16,19-21H2,1-2H3. The van der Waals surface area contributed by atoms with Gasteiger partial charge in [0, 0.05) is 49.5 Å². The topological polar surface area (TPSA) is 85.2 Å². The molecule has 4 heterocycles. The first-order valence-corrected chi connectivity index (χ1v) is 17.1. The number of aliphatic imine (C=N–C) groups is 1. The Morgan fingerprint density at radius 3 is 2.51 bits per heavy atom. The fourth-order valence-corrected chi connectivity index (χ4v) is 7.28. The van der Waals surface area contributed by atoms with Gasteiger partial charge in [0.1, 0.15) is 12.3 Å². The highest BCUT2D eigenvalue weighted by atomic mass is 32.2. The molecule has 1 aliphatic carbocycles. The predicted molar refractivity (Wildman–Crippen MR) is 168 cm³/mol. The first-order valence-electron chi connectivity index (χ1n) is 15.2. The third kappa shape index (κ3) is 7.32. The van der Waals surface area contributed by atoms with E-state index in [1.165, 1.54) is 30.2 Å². The zero-order valence-electron chi connectivity index (χ0n) is 25.3. The molecule has 2 bridgehead atoms. The first kappa shape index (κ1) is 31.5. The number of nitrogens with zero attached hydrogens (tertiary/aromatic N) is 3. The molecular weight excluding hydrogens is 605 g/mol. The van der Waals surface area contributed by atoms with Crippen LogP contribution in [0.25, 0.3) is 10.9 Å². The molecule has 4 aliphatic rings. The molecule has 3 aliphatic heterocycles. The van der Waals surface area contributed by atoms with Gasteiger partial charge in [0.2, 0.25) is 0 Å². The molecular formula is C33H37F3N4O4S. The molecule has 8 nitrogen and oxygen atoms in total. The van der Waals surface area contributed by atoms with Crippen molar-refractivity contribution in [2.45, 2.75) is 68.0 Å². The Kier molecular flexibility index (Phi) is 8.87. The van der Waals surface area contributed by atoms with E-state index in [9.17, 15) is 21.6 Å². The van der Waals surface area contributed by atoms with Crippen molar-refractivity contribution in [3.8, 4) is 17.6 Å². The van der Waals surface area contributed by atoms with Gasteiger partial charge in [-0.15, -0.1) is 0 Å². The summed E-state index contributed by atoms with van der Waals surface area (Å²) >= 11 is 0. The monoisotopic (exact) mass is 642 g/mol. The third-order valence-corrected chi connectivity index (χ3v) is 10.0. The fourth-order valence-electron chi connectivity index (χ4n) is 6.64. The number of aromatic nitrogens is 1. The molecule has 3 aromatic rings. The molecule has 240 valence electrons. The van der Waals surface area contributed by atoms with Crippen LogP contribution in [0.15, 0.2) is 52.4 Å². The highest BCUT2D eigenvalue weighted by Gasteiger charge is 2.41. The Bertz CT molecular complexity index is 1730. The number of hydrogen-bond donors (Lipinski definition) is 1. The molecule has 0 radical (unpaired) electrons. The summed E-state index contributed by atoms with van der Waals surface area (Å²) < 4.78 is 76.9. The van der Waals surface area contributed by atoms with Crippen LogP contribution in [-0.2, 0) is 21.1 Å². The summed E-state index contributed by atoms with van der Waals surface area (Å²) in [5.41, 5.74) is 1.80. The number of alkyl halides is 3. The van der Waals surface area contributed by atoms with Crippen molar-refractivity contribution in [1.29, 1.82) is 0 Å². The summed E-state index contributed by atoms with van der Waals surface area (Å²) in [6.07, 6.45) is 4.96. The Morgan fingerprint density at radius 1 is 1.11 bits per heavy atom. The SMILES string of the molecule is COc1cc(S(C)(=O)=O)ccc1NCC#Cc1cc2c(N=CC3CCC(N4CC5CC(C4)O5)CC3)cccc2n1CC(F)(F)F. The number of morpholine rings is 1. The average molecular weight is 643 g/mol. The van der Waals surface area contributed by atoms with Crippen LogP contribution in [0, 0.1) is 17.8 Å². The summed E-state index contributed by atoms with van der Waals surface area (Å²) in [6.45, 7) is 0.992. The van der Waals surface area contributed by atoms with Crippen molar-refractivity contribution in [1.82, 2.24) is 9.47 Å². The van der Waals surface area contributed by atoms with E-state index in [0.29, 0.717) is 52.2 Å². The Morgan fingerprint density at radius 2 is 1.84 bits per heavy atom. The van der Waals surface area contributed by atoms with E-state index < -0.39 is 22.6 Å². The molecule has 0 spiro atoms. The number of piperidine rings is 1. The number of sulfone groups is 1. The molecule has 3 saturated heterocycles. The van der Waals surface area contributed by atoms with Crippen molar-refractivity contribution < 1.29 is 31.1 Å². The summed E-state index contributed by atoms with van der Waals surface area (Å²) in [5, 5.41) is 3.67. The molecule has 1 aromatic heterocycles. The van der Waals surface area contributed by atoms with Crippen molar-refractivity contribution >= 4 is 38.3 Å². The highest BCUT2D eigenvalue weighted by molar-refractivity contribution is 7.90. The van der Waals surface area contributed by atoms with Crippen LogP contribution in [0.4, 0.5) is 24.5 Å². The van der Waals surface area contributed by atoms with Gasteiger partial charge >= 0.3 is 6.18 Å². The van der Waals surface area contributed by atoms with E-state index in [4.69, 9.17) is 14.5 Å². The summed E-state index contributed by atoms with van der Waals surface area (Å²) in [7, 11) is -1.99. The predicted octanol–water partition coefficient (Wildman–Crippen LogP) is 5.81. The highest BCUT2D eigenvalue weighted by Crippen LogP contribution is 2.35. The molecule has 2 atom stereocenters. The van der Waals surface area contributed by atoms with Crippen molar-refractivity contribution in [2.75, 3.05) is 38.3 Å². The summed E-state index contributed by atoms with van der Waals surface area (Å²) in [4.78, 5) is 7.47. The van der Waals surface area contributed by atoms with Gasteiger partial charge in [-0.25, -0.2) is 8.42 Å². The second-order valence-corrected chi connectivity index (χ2v) is 14.2. The van der Waals surface area contributed by atoms with E-state index >= 15 is 0 Å². The van der Waals surface area contributed by atoms with Crippen molar-refractivity contribution in [3.63, 3.8) is 0 Å². The fraction of sp³-hybridized carbons (Fsp3) is 0.485. The van der Waals surface area contributed by atoms with Crippen LogP contribution in [0.3, 0.4) is 0 Å². The van der Waals surface area contributed by atoms with Gasteiger partial charge in [-0.2, -0.15) is 13.2 Å². The van der Waals surface area contributed by atoms with E-state index in [-0.39, 0.29) is 17.1 Å². The van der Waals surface area contributed by atoms with Crippen LogP contribution in [-0.4, -0.2) is 81.5 Å². The lowest BCUT2D eigenvalue weighted by atomic mass is 9.84. The van der Waals surface area contributed by atoms with E-state index in [2.05, 4.69) is 22.1 Å². The van der Waals surface area contributed by atoms with Crippen LogP contribution in [0.5, 0.6) is 5.75 Å². The lowest BCUT2D eigenvalue weighted by Crippen LogP contribution is -2.60. The molecule has 1 N–H and O–H groups in total. The van der Waals surface area contributed by atoms with Crippen molar-refractivity contribution in [3.05, 3.63) is 48.2 Å². The molecule has 45 heavy (non-hydrogen) atoms. The number of hydrogen-bond acceptors (Lipinski definition) is 7. The lowest BCUT2D eigenvalue weighted by molar-refractivity contribution is -0.189. The smallest absolute Gasteiger partial charge is 0.406 e. The number of rotatable bonds is 8. The molecule has 12 heteroatoms. The molecule has 0 amide bonds. The van der Waals surface area contributed by atoms with Gasteiger partial charge in [0.25, 0.3) is 0 Å². The maximum atomic E-state index is 13.6. The minimum atomic E-state index is -4.44. The number of halogens is 3. The van der Waals surface area contributed by atoms with Crippen LogP contribution in [0.1, 0.15) is 37.8 Å². The van der Waals surface area contributed by atoms with Crippen molar-refractivity contribution in [2.24, 2.45) is 10.9 Å². The number of ether oxygens (including phenoxy) is 2. The number of anilines is 1. The summed E-state index contributed by atoms with van der Waals surface area (Å²) in [6, 6.07) is 11.9. The third-order valence-electron chi connectivity index (χ3n) is 8.91. The van der Waals surface area contributed by atoms with Gasteiger partial charge in [0.15, 0.2) is 9.84 Å². The Balaban J connectivity index is 1.17. The lowest BCUT2D eigenvalue weighted by Gasteiger charge is -2.50. The maximum Gasteiger partial charge on any atom is 0.406 e.